The first kappa shape index (κ1) is 38.2. The van der Waals surface area contributed by atoms with Gasteiger partial charge in [-0.05, 0) is 126 Å². The molecule has 0 bridgehead atoms. The van der Waals surface area contributed by atoms with Crippen LogP contribution >= 0.6 is 0 Å². The molecule has 2 aliphatic carbocycles. The van der Waals surface area contributed by atoms with E-state index < -0.39 is 5.41 Å². The molecule has 0 unspecified atom stereocenters. The first-order chi connectivity index (χ1) is 34.3. The molecular weight excluding hydrogens is 833 g/mol. The molecule has 320 valence electrons. The van der Waals surface area contributed by atoms with Crippen molar-refractivity contribution < 1.29 is 0 Å². The van der Waals surface area contributed by atoms with Gasteiger partial charge in [-0.25, -0.2) is 0 Å². The average molecular weight is 875 g/mol. The number of aromatic nitrogens is 1. The van der Waals surface area contributed by atoms with Gasteiger partial charge in [0, 0.05) is 38.6 Å². The summed E-state index contributed by atoms with van der Waals surface area (Å²) in [5.74, 6) is 0. The number of rotatable bonds is 5. The van der Waals surface area contributed by atoms with E-state index in [1.807, 2.05) is 0 Å². The smallest absolute Gasteiger partial charge is 0.0726 e. The Morgan fingerprint density at radius 2 is 0.797 bits per heavy atom. The second-order valence-corrected chi connectivity index (χ2v) is 18.7. The Bertz CT molecular complexity index is 4180. The van der Waals surface area contributed by atoms with Crippen molar-refractivity contribution in [3.05, 3.63) is 277 Å². The van der Waals surface area contributed by atoms with E-state index in [2.05, 4.69) is 264 Å². The minimum Gasteiger partial charge on any atom is -0.310 e. The summed E-state index contributed by atoms with van der Waals surface area (Å²) in [5.41, 5.74) is 19.5. The third kappa shape index (κ3) is 5.26. The van der Waals surface area contributed by atoms with Crippen LogP contribution in [-0.2, 0) is 5.41 Å². The first-order valence-corrected chi connectivity index (χ1v) is 24.0. The maximum Gasteiger partial charge on any atom is 0.0726 e. The van der Waals surface area contributed by atoms with E-state index in [4.69, 9.17) is 0 Å². The Morgan fingerprint density at radius 3 is 1.46 bits per heavy atom. The minimum atomic E-state index is -0.435. The Morgan fingerprint density at radius 1 is 0.319 bits per heavy atom. The second kappa shape index (κ2) is 14.5. The third-order valence-electron chi connectivity index (χ3n) is 15.4. The molecule has 2 nitrogen and oxygen atoms in total. The zero-order valence-corrected chi connectivity index (χ0v) is 37.6. The van der Waals surface area contributed by atoms with Crippen molar-refractivity contribution >= 4 is 71.2 Å². The molecule has 15 rings (SSSR count). The van der Waals surface area contributed by atoms with E-state index >= 15 is 0 Å². The largest absolute Gasteiger partial charge is 0.310 e. The number of hydrogen-bond acceptors (Lipinski definition) is 1. The summed E-state index contributed by atoms with van der Waals surface area (Å²) in [6.07, 6.45) is 0. The van der Waals surface area contributed by atoms with Crippen molar-refractivity contribution in [2.75, 3.05) is 4.90 Å². The quantitative estimate of drug-likeness (QED) is 0.156. The summed E-state index contributed by atoms with van der Waals surface area (Å²) >= 11 is 0. The fraction of sp³-hybridized carbons (Fsp3) is 0.0149. The molecule has 0 radical (unpaired) electrons. The number of anilines is 3. The summed E-state index contributed by atoms with van der Waals surface area (Å²) < 4.78 is 2.47. The Hall–Kier alpha value is -8.98. The molecule has 1 aromatic heterocycles. The normalized spacial score (nSPS) is 13.0. The fourth-order valence-electron chi connectivity index (χ4n) is 12.6. The highest BCUT2D eigenvalue weighted by molar-refractivity contribution is 6.32. The van der Waals surface area contributed by atoms with Gasteiger partial charge in [0.2, 0.25) is 0 Å². The number of hydrogen-bond donors (Lipinski definition) is 0. The van der Waals surface area contributed by atoms with Crippen LogP contribution in [0.25, 0.3) is 93.2 Å². The number of fused-ring (bicyclic) bond motifs is 19. The minimum absolute atomic E-state index is 0.435. The van der Waals surface area contributed by atoms with Crippen molar-refractivity contribution in [2.45, 2.75) is 5.41 Å². The van der Waals surface area contributed by atoms with Gasteiger partial charge in [0.25, 0.3) is 0 Å². The topological polar surface area (TPSA) is 8.17 Å². The van der Waals surface area contributed by atoms with Gasteiger partial charge in [0.1, 0.15) is 0 Å². The molecule has 0 aliphatic heterocycles. The highest BCUT2D eigenvalue weighted by Gasteiger charge is 2.51. The van der Waals surface area contributed by atoms with Gasteiger partial charge >= 0.3 is 0 Å². The highest BCUT2D eigenvalue weighted by atomic mass is 15.1. The molecule has 69 heavy (non-hydrogen) atoms. The van der Waals surface area contributed by atoms with Gasteiger partial charge in [-0.3, -0.25) is 0 Å². The van der Waals surface area contributed by atoms with Crippen LogP contribution in [0.3, 0.4) is 0 Å². The lowest BCUT2D eigenvalue weighted by Gasteiger charge is -2.32. The van der Waals surface area contributed by atoms with Crippen molar-refractivity contribution in [3.63, 3.8) is 0 Å². The second-order valence-electron chi connectivity index (χ2n) is 18.7. The van der Waals surface area contributed by atoms with Gasteiger partial charge in [0.05, 0.1) is 22.1 Å². The molecule has 1 heterocycles. The molecule has 0 N–H and O–H groups in total. The van der Waals surface area contributed by atoms with E-state index in [0.717, 1.165) is 22.7 Å². The lowest BCUT2D eigenvalue weighted by Crippen LogP contribution is -2.26. The van der Waals surface area contributed by atoms with Crippen LogP contribution in [0, 0.1) is 0 Å². The van der Waals surface area contributed by atoms with E-state index in [1.54, 1.807) is 0 Å². The van der Waals surface area contributed by atoms with Crippen LogP contribution < -0.4 is 4.90 Å². The molecule has 0 amide bonds. The monoisotopic (exact) mass is 874 g/mol. The van der Waals surface area contributed by atoms with Crippen LogP contribution in [0.1, 0.15) is 22.3 Å². The molecule has 2 aliphatic rings. The van der Waals surface area contributed by atoms with Crippen LogP contribution in [-0.4, -0.2) is 4.57 Å². The van der Waals surface area contributed by atoms with Gasteiger partial charge in [0.15, 0.2) is 0 Å². The molecule has 12 aromatic carbocycles. The maximum absolute atomic E-state index is 2.49. The summed E-state index contributed by atoms with van der Waals surface area (Å²) in [6, 6.07) is 94.7. The molecule has 13 aromatic rings. The SMILES string of the molecule is c1ccc2c(c1)-c1ccccc1C21c2ccccc2-c2ccc(N(c3ccc(-c4ccc(-n5c6ccccc6c6c7ccccc7c7ccccc7c65)cc4)cc3)c3cccc4ccccc34)cc21. The molecule has 2 heteroatoms. The Kier molecular flexibility index (Phi) is 8.02. The van der Waals surface area contributed by atoms with E-state index in [1.165, 1.54) is 110 Å². The van der Waals surface area contributed by atoms with Gasteiger partial charge in [-0.2, -0.15) is 0 Å². The Labute approximate surface area is 400 Å². The lowest BCUT2D eigenvalue weighted by atomic mass is 9.70. The highest BCUT2D eigenvalue weighted by Crippen LogP contribution is 2.63. The van der Waals surface area contributed by atoms with E-state index in [0.29, 0.717) is 0 Å². The van der Waals surface area contributed by atoms with Crippen LogP contribution in [0.2, 0.25) is 0 Å². The molecule has 0 saturated carbocycles. The predicted octanol–water partition coefficient (Wildman–Crippen LogP) is 17.7. The standard InChI is InChI=1S/C67H42N2/c1-2-18-49-45(16-1)17-15-31-63(49)68(48-40-41-55-54-23-9-13-29-61(54)67(62(55)42-48)59-27-11-7-21-52(59)53-22-8-12-28-60(53)67)46-36-32-43(33-37-46)44-34-38-47(39-35-44)69-64-30-14-10-26-58(64)65-56-24-5-3-19-50(56)51-20-4-6-25-57(51)66(65)69/h1-42H. The fourth-order valence-corrected chi connectivity index (χ4v) is 12.6. The van der Waals surface area contributed by atoms with Crippen LogP contribution in [0.15, 0.2) is 255 Å². The number of nitrogens with zero attached hydrogens (tertiary/aromatic N) is 2. The molecular formula is C67H42N2. The van der Waals surface area contributed by atoms with Gasteiger partial charge < -0.3 is 9.47 Å². The lowest BCUT2D eigenvalue weighted by molar-refractivity contribution is 0.793. The van der Waals surface area contributed by atoms with Crippen molar-refractivity contribution in [3.8, 4) is 39.1 Å². The third-order valence-corrected chi connectivity index (χ3v) is 15.4. The zero-order valence-electron chi connectivity index (χ0n) is 37.6. The molecule has 0 saturated heterocycles. The van der Waals surface area contributed by atoms with Gasteiger partial charge in [-0.1, -0.05) is 206 Å². The van der Waals surface area contributed by atoms with Crippen molar-refractivity contribution in [1.82, 2.24) is 4.57 Å². The molecule has 0 atom stereocenters. The van der Waals surface area contributed by atoms with E-state index in [-0.39, 0.29) is 0 Å². The van der Waals surface area contributed by atoms with E-state index in [9.17, 15) is 0 Å². The molecule has 0 fully saturated rings. The summed E-state index contributed by atoms with van der Waals surface area (Å²) in [4.78, 5) is 2.47. The summed E-state index contributed by atoms with van der Waals surface area (Å²) in [7, 11) is 0. The molecule has 1 spiro atoms. The summed E-state index contributed by atoms with van der Waals surface area (Å²) in [6.45, 7) is 0. The zero-order chi connectivity index (χ0) is 45.2. The predicted molar refractivity (Wildman–Crippen MR) is 290 cm³/mol. The average Bonchev–Trinajstić information content (AvgIpc) is 4.04. The van der Waals surface area contributed by atoms with Crippen molar-refractivity contribution in [2.24, 2.45) is 0 Å². The Balaban J connectivity index is 0.875. The van der Waals surface area contributed by atoms with Crippen LogP contribution in [0.5, 0.6) is 0 Å². The maximum atomic E-state index is 2.49. The van der Waals surface area contributed by atoms with Gasteiger partial charge in [-0.15, -0.1) is 0 Å². The first-order valence-electron chi connectivity index (χ1n) is 24.0. The number of para-hydroxylation sites is 1. The number of benzene rings is 12. The van der Waals surface area contributed by atoms with Crippen molar-refractivity contribution in [1.29, 1.82) is 0 Å². The van der Waals surface area contributed by atoms with Crippen LogP contribution in [0.4, 0.5) is 17.1 Å². The summed E-state index contributed by atoms with van der Waals surface area (Å²) in [5, 5.41) is 10.1.